The number of hydrogen-bond acceptors (Lipinski definition) is 0. The van der Waals surface area contributed by atoms with Crippen LogP contribution in [-0.4, -0.2) is 23.1 Å². The Bertz CT molecular complexity index is 23.9. The van der Waals surface area contributed by atoms with Gasteiger partial charge in [0.2, 0.25) is 0 Å². The van der Waals surface area contributed by atoms with Crippen LogP contribution in [0.2, 0.25) is 0 Å². The van der Waals surface area contributed by atoms with Crippen LogP contribution in [-0.2, 0) is 0 Å². The third kappa shape index (κ3) is 37.3. The van der Waals surface area contributed by atoms with E-state index in [-0.39, 0.29) is 23.1 Å². The van der Waals surface area contributed by atoms with Crippen molar-refractivity contribution in [2.45, 2.75) is 46.5 Å². The van der Waals surface area contributed by atoms with Gasteiger partial charge in [-0.2, -0.15) is 19.8 Å². The smallest absolute Gasteiger partial charge is 0.343 e. The third-order valence-corrected chi connectivity index (χ3v) is 1.01. The van der Waals surface area contributed by atoms with Crippen molar-refractivity contribution >= 4 is 23.1 Å². The van der Waals surface area contributed by atoms with Crippen molar-refractivity contribution in [2.75, 3.05) is 0 Å². The fraction of sp³-hybridized carbons (Fsp3) is 0.778. The Balaban J connectivity index is -0.0000000910. The van der Waals surface area contributed by atoms with Crippen molar-refractivity contribution in [3.8, 4) is 0 Å². The van der Waals surface area contributed by atoms with E-state index in [0.29, 0.717) is 0 Å². The maximum atomic E-state index is 3.68. The van der Waals surface area contributed by atoms with Crippen LogP contribution in [0.5, 0.6) is 0 Å². The molecule has 0 aliphatic heterocycles. The Kier molecular flexibility index (Phi) is 38.4. The van der Waals surface area contributed by atoms with Gasteiger partial charge in [-0.05, 0) is 0 Å². The normalized spacial score (nSPS) is 7.20. The molecule has 0 aromatic carbocycles. The summed E-state index contributed by atoms with van der Waals surface area (Å²) >= 11 is 0. The topological polar surface area (TPSA) is 0 Å². The summed E-state index contributed by atoms with van der Waals surface area (Å²) in [6, 6.07) is 0. The van der Waals surface area contributed by atoms with E-state index in [2.05, 4.69) is 34.1 Å². The van der Waals surface area contributed by atoms with Crippen LogP contribution >= 0.6 is 0 Å². The van der Waals surface area contributed by atoms with E-state index in [0.717, 1.165) is 6.42 Å². The largest absolute Gasteiger partial charge is 2.00 e. The van der Waals surface area contributed by atoms with Gasteiger partial charge in [0.1, 0.15) is 0 Å². The molecule has 58 valence electrons. The van der Waals surface area contributed by atoms with E-state index in [4.69, 9.17) is 0 Å². The van der Waals surface area contributed by atoms with Crippen molar-refractivity contribution in [3.05, 3.63) is 13.3 Å². The van der Waals surface area contributed by atoms with Crippen molar-refractivity contribution in [1.29, 1.82) is 0 Å². The molecule has 0 spiro atoms. The quantitative estimate of drug-likeness (QED) is 0.430. The van der Waals surface area contributed by atoms with Gasteiger partial charge in [0.25, 0.3) is 0 Å². The standard InChI is InChI=1S/C5H11.C4H9.Mg/c1-3-5-4-2;1-3-4-2;/h1,3-5H2,2H3;3H,4H2,1-2H3;/q2*-1;+2. The van der Waals surface area contributed by atoms with E-state index in [1.54, 1.807) is 0 Å². The maximum absolute atomic E-state index is 3.68. The molecule has 0 heterocycles. The van der Waals surface area contributed by atoms with Crippen molar-refractivity contribution in [2.24, 2.45) is 0 Å². The molecular weight excluding hydrogens is 132 g/mol. The second kappa shape index (κ2) is 22.6. The second-order valence-electron chi connectivity index (χ2n) is 2.02. The molecule has 0 nitrogen and oxygen atoms in total. The first-order valence-corrected chi connectivity index (χ1v) is 3.90. The van der Waals surface area contributed by atoms with Crippen LogP contribution in [0.3, 0.4) is 0 Å². The fourth-order valence-corrected chi connectivity index (χ4v) is 0.250. The van der Waals surface area contributed by atoms with Gasteiger partial charge < -0.3 is 13.3 Å². The van der Waals surface area contributed by atoms with Gasteiger partial charge in [-0.15, -0.1) is 0 Å². The van der Waals surface area contributed by atoms with Crippen molar-refractivity contribution in [3.63, 3.8) is 0 Å². The van der Waals surface area contributed by atoms with Gasteiger partial charge in [-0.3, -0.25) is 0 Å². The minimum Gasteiger partial charge on any atom is -0.343 e. The zero-order valence-electron chi connectivity index (χ0n) is 7.82. The third-order valence-electron chi connectivity index (χ3n) is 1.01. The molecule has 0 atom stereocenters. The van der Waals surface area contributed by atoms with Crippen LogP contribution in [0.15, 0.2) is 0 Å². The van der Waals surface area contributed by atoms with Crippen LogP contribution in [0.4, 0.5) is 0 Å². The van der Waals surface area contributed by atoms with Gasteiger partial charge in [0, 0.05) is 0 Å². The molecule has 0 saturated carbocycles. The molecule has 0 aromatic heterocycles. The molecule has 0 aliphatic carbocycles. The van der Waals surface area contributed by atoms with Crippen molar-refractivity contribution < 1.29 is 0 Å². The Labute approximate surface area is 82.9 Å². The monoisotopic (exact) mass is 152 g/mol. The number of hydrogen-bond donors (Lipinski definition) is 0. The zero-order chi connectivity index (χ0) is 7.54. The Hall–Kier alpha value is 0.766. The van der Waals surface area contributed by atoms with Gasteiger partial charge in [0.15, 0.2) is 0 Å². The molecule has 0 N–H and O–H groups in total. The Morgan fingerprint density at radius 2 is 1.70 bits per heavy atom. The van der Waals surface area contributed by atoms with Crippen LogP contribution in [0.1, 0.15) is 46.5 Å². The molecule has 0 aromatic rings. The summed E-state index contributed by atoms with van der Waals surface area (Å²) in [4.78, 5) is 0. The summed E-state index contributed by atoms with van der Waals surface area (Å²) < 4.78 is 0. The first kappa shape index (κ1) is 17.0. The molecular formula is C9H20Mg. The maximum Gasteiger partial charge on any atom is 2.00 e. The zero-order valence-corrected chi connectivity index (χ0v) is 9.23. The first-order chi connectivity index (χ1) is 4.33. The Morgan fingerprint density at radius 3 is 1.70 bits per heavy atom. The molecule has 0 radical (unpaired) electrons. The van der Waals surface area contributed by atoms with Gasteiger partial charge in [-0.1, -0.05) is 26.7 Å². The summed E-state index contributed by atoms with van der Waals surface area (Å²) in [5, 5.41) is 0. The SMILES string of the molecule is C[CH-]CC.[CH2-]CCCC.[Mg+2]. The predicted octanol–water partition coefficient (Wildman–Crippen LogP) is 3.25. The van der Waals surface area contributed by atoms with Crippen LogP contribution in [0.25, 0.3) is 0 Å². The molecule has 0 amide bonds. The van der Waals surface area contributed by atoms with E-state index in [1.165, 1.54) is 19.3 Å². The van der Waals surface area contributed by atoms with Gasteiger partial charge in [0.05, 0.1) is 0 Å². The molecule has 0 aliphatic rings. The van der Waals surface area contributed by atoms with Crippen LogP contribution < -0.4 is 0 Å². The summed E-state index contributed by atoms with van der Waals surface area (Å²) in [5.74, 6) is 0. The fourth-order valence-electron chi connectivity index (χ4n) is 0.250. The average molecular weight is 153 g/mol. The summed E-state index contributed by atoms with van der Waals surface area (Å²) in [7, 11) is 0. The summed E-state index contributed by atoms with van der Waals surface area (Å²) in [6.45, 7) is 10.0. The van der Waals surface area contributed by atoms with E-state index < -0.39 is 0 Å². The molecule has 0 bridgehead atoms. The minimum absolute atomic E-state index is 0. The molecule has 0 unspecified atom stereocenters. The predicted molar refractivity (Wildman–Crippen MR) is 50.9 cm³/mol. The van der Waals surface area contributed by atoms with E-state index in [1.807, 2.05) is 0 Å². The number of rotatable bonds is 3. The minimum atomic E-state index is 0. The van der Waals surface area contributed by atoms with Crippen LogP contribution in [0, 0.1) is 13.3 Å². The molecule has 10 heavy (non-hydrogen) atoms. The second-order valence-corrected chi connectivity index (χ2v) is 2.02. The average Bonchev–Trinajstić information content (AvgIpc) is 1.91. The summed E-state index contributed by atoms with van der Waals surface area (Å²) in [5.41, 5.74) is 0. The molecule has 0 fully saturated rings. The van der Waals surface area contributed by atoms with Gasteiger partial charge >= 0.3 is 23.1 Å². The summed E-state index contributed by atoms with van der Waals surface area (Å²) in [6.07, 6.45) is 6.97. The number of unbranched alkanes of at least 4 members (excludes halogenated alkanes) is 3. The van der Waals surface area contributed by atoms with E-state index >= 15 is 0 Å². The van der Waals surface area contributed by atoms with Crippen molar-refractivity contribution in [1.82, 2.24) is 0 Å². The van der Waals surface area contributed by atoms with Gasteiger partial charge in [-0.25, -0.2) is 0 Å². The first-order valence-electron chi connectivity index (χ1n) is 3.90. The van der Waals surface area contributed by atoms with E-state index in [9.17, 15) is 0 Å². The molecule has 0 saturated heterocycles. The Morgan fingerprint density at radius 1 is 1.30 bits per heavy atom. The molecule has 1 heteroatoms. The molecule has 0 rings (SSSR count).